The minimum absolute atomic E-state index is 0.0235. The lowest BCUT2D eigenvalue weighted by Crippen LogP contribution is -2.29. The first kappa shape index (κ1) is 25.5. The molecule has 0 aromatic carbocycles. The molecule has 0 aromatic rings. The van der Waals surface area contributed by atoms with E-state index in [1.54, 1.807) is 0 Å². The van der Waals surface area contributed by atoms with E-state index in [4.69, 9.17) is 9.47 Å². The van der Waals surface area contributed by atoms with Crippen LogP contribution in [0.3, 0.4) is 0 Å². The van der Waals surface area contributed by atoms with Gasteiger partial charge in [0.2, 0.25) is 0 Å². The normalized spacial score (nSPS) is 21.4. The lowest BCUT2D eigenvalue weighted by Gasteiger charge is -2.29. The summed E-state index contributed by atoms with van der Waals surface area (Å²) in [4.78, 5) is 23.8. The number of ether oxygens (including phenoxy) is 2. The Bertz CT molecular complexity index is 509. The Labute approximate surface area is 178 Å². The highest BCUT2D eigenvalue weighted by Gasteiger charge is 2.32. The first-order chi connectivity index (χ1) is 14.1. The Kier molecular flexibility index (Phi) is 14.3. The van der Waals surface area contributed by atoms with Gasteiger partial charge in [0, 0.05) is 6.42 Å². The molecule has 0 spiro atoms. The number of hydrogen-bond acceptors (Lipinski definition) is 4. The van der Waals surface area contributed by atoms with Crippen LogP contribution >= 0.6 is 0 Å². The molecule has 0 fully saturated rings. The van der Waals surface area contributed by atoms with Crippen LogP contribution in [0.1, 0.15) is 91.4 Å². The maximum atomic E-state index is 12.5. The van der Waals surface area contributed by atoms with Gasteiger partial charge in [-0.3, -0.25) is 9.59 Å². The number of carbonyl (C=O) groups is 2. The molecule has 4 heteroatoms. The molecule has 0 aliphatic heterocycles. The van der Waals surface area contributed by atoms with Crippen LogP contribution in [0.25, 0.3) is 0 Å². The smallest absolute Gasteiger partial charge is 0.309 e. The fourth-order valence-electron chi connectivity index (χ4n) is 3.93. The average molecular weight is 407 g/mol. The van der Waals surface area contributed by atoms with E-state index in [0.717, 1.165) is 51.4 Å². The Morgan fingerprint density at radius 1 is 0.931 bits per heavy atom. The number of allylic oxidation sites excluding steroid dienone is 4. The molecule has 1 aliphatic rings. The van der Waals surface area contributed by atoms with Crippen LogP contribution in [0.2, 0.25) is 0 Å². The molecule has 0 amide bonds. The van der Waals surface area contributed by atoms with Crippen molar-refractivity contribution in [3.63, 3.8) is 0 Å². The van der Waals surface area contributed by atoms with Gasteiger partial charge in [0.05, 0.1) is 19.1 Å². The zero-order chi connectivity index (χ0) is 21.3. The van der Waals surface area contributed by atoms with Gasteiger partial charge in [0.25, 0.3) is 0 Å². The van der Waals surface area contributed by atoms with Crippen LogP contribution in [0, 0.1) is 17.8 Å². The number of hydrogen-bond donors (Lipinski definition) is 0. The van der Waals surface area contributed by atoms with Gasteiger partial charge in [0.1, 0.15) is 0 Å². The lowest BCUT2D eigenvalue weighted by atomic mass is 9.76. The van der Waals surface area contributed by atoms with Crippen molar-refractivity contribution >= 4 is 11.9 Å². The minimum Gasteiger partial charge on any atom is -0.466 e. The lowest BCUT2D eigenvalue weighted by molar-refractivity contribution is -0.150. The Hall–Kier alpha value is -1.58. The molecule has 0 bridgehead atoms. The molecule has 29 heavy (non-hydrogen) atoms. The molecule has 0 unspecified atom stereocenters. The standard InChI is InChI=1S/C25H42O4/c1-4-7-8-12-15-21-18-19-22(23(20-21)25(27)29-6-3)16-13-10-9-11-14-17-24(26)28-5-2/h12,15,18-19,21-23H,4-11,13-14,16-17,20H2,1-3H3/b15-12-/t21-,22-,23+/m1/s1. The van der Waals surface area contributed by atoms with Crippen molar-refractivity contribution < 1.29 is 19.1 Å². The summed E-state index contributed by atoms with van der Waals surface area (Å²) in [6.45, 7) is 6.83. The largest absolute Gasteiger partial charge is 0.466 e. The number of rotatable bonds is 15. The maximum absolute atomic E-state index is 12.5. The summed E-state index contributed by atoms with van der Waals surface area (Å²) in [6.07, 6.45) is 20.4. The maximum Gasteiger partial charge on any atom is 0.309 e. The fourth-order valence-corrected chi connectivity index (χ4v) is 3.93. The van der Waals surface area contributed by atoms with E-state index in [1.165, 1.54) is 12.8 Å². The summed E-state index contributed by atoms with van der Waals surface area (Å²) in [5.74, 6) is 0.484. The predicted molar refractivity (Wildman–Crippen MR) is 118 cm³/mol. The summed E-state index contributed by atoms with van der Waals surface area (Å²) in [5.41, 5.74) is 0. The van der Waals surface area contributed by atoms with Gasteiger partial charge in [-0.25, -0.2) is 0 Å². The van der Waals surface area contributed by atoms with E-state index in [0.29, 0.717) is 25.6 Å². The third-order valence-corrected chi connectivity index (χ3v) is 5.57. The second kappa shape index (κ2) is 16.2. The summed E-state index contributed by atoms with van der Waals surface area (Å²) in [6, 6.07) is 0. The summed E-state index contributed by atoms with van der Waals surface area (Å²) in [5, 5.41) is 0. The van der Waals surface area contributed by atoms with Gasteiger partial charge >= 0.3 is 11.9 Å². The van der Waals surface area contributed by atoms with Crippen LogP contribution < -0.4 is 0 Å². The highest BCUT2D eigenvalue weighted by atomic mass is 16.5. The molecular formula is C25H42O4. The molecule has 0 heterocycles. The third kappa shape index (κ3) is 11.3. The average Bonchev–Trinajstić information content (AvgIpc) is 2.71. The van der Waals surface area contributed by atoms with E-state index >= 15 is 0 Å². The van der Waals surface area contributed by atoms with E-state index in [2.05, 4.69) is 31.2 Å². The fraction of sp³-hybridized carbons (Fsp3) is 0.760. The number of carbonyl (C=O) groups excluding carboxylic acids is 2. The van der Waals surface area contributed by atoms with Crippen LogP contribution in [-0.2, 0) is 19.1 Å². The summed E-state index contributed by atoms with van der Waals surface area (Å²) in [7, 11) is 0. The summed E-state index contributed by atoms with van der Waals surface area (Å²) >= 11 is 0. The highest BCUT2D eigenvalue weighted by molar-refractivity contribution is 5.73. The van der Waals surface area contributed by atoms with Gasteiger partial charge < -0.3 is 9.47 Å². The molecule has 0 radical (unpaired) electrons. The van der Waals surface area contributed by atoms with Crippen LogP contribution in [0.15, 0.2) is 24.3 Å². The van der Waals surface area contributed by atoms with Gasteiger partial charge in [-0.1, -0.05) is 69.8 Å². The second-order valence-corrected chi connectivity index (χ2v) is 7.99. The minimum atomic E-state index is -0.0876. The monoisotopic (exact) mass is 406 g/mol. The Morgan fingerprint density at radius 3 is 2.38 bits per heavy atom. The number of unbranched alkanes of at least 4 members (excludes halogenated alkanes) is 6. The zero-order valence-electron chi connectivity index (χ0n) is 18.9. The van der Waals surface area contributed by atoms with Crippen molar-refractivity contribution in [2.45, 2.75) is 91.4 Å². The Balaban J connectivity index is 2.39. The molecule has 0 saturated heterocycles. The molecule has 4 nitrogen and oxygen atoms in total. The molecule has 0 saturated carbocycles. The van der Waals surface area contributed by atoms with Gasteiger partial charge in [0.15, 0.2) is 0 Å². The SMILES string of the molecule is CCCC/C=C\[C@@H]1C=C[C@@H](CCCCCCCC(=O)OCC)[C@@H](C(=O)OCC)C1. The molecule has 166 valence electrons. The topological polar surface area (TPSA) is 52.6 Å². The van der Waals surface area contributed by atoms with Gasteiger partial charge in [-0.2, -0.15) is 0 Å². The van der Waals surface area contributed by atoms with E-state index in [-0.39, 0.29) is 23.8 Å². The Morgan fingerprint density at radius 2 is 1.66 bits per heavy atom. The molecule has 0 aromatic heterocycles. The molecule has 3 atom stereocenters. The van der Waals surface area contributed by atoms with Crippen molar-refractivity contribution in [2.75, 3.05) is 13.2 Å². The van der Waals surface area contributed by atoms with Crippen molar-refractivity contribution in [3.05, 3.63) is 24.3 Å². The third-order valence-electron chi connectivity index (χ3n) is 5.57. The van der Waals surface area contributed by atoms with Crippen molar-refractivity contribution in [3.8, 4) is 0 Å². The van der Waals surface area contributed by atoms with E-state index in [9.17, 15) is 9.59 Å². The molecule has 1 rings (SSSR count). The van der Waals surface area contributed by atoms with Gasteiger partial charge in [-0.15, -0.1) is 0 Å². The second-order valence-electron chi connectivity index (χ2n) is 7.99. The van der Waals surface area contributed by atoms with Gasteiger partial charge in [-0.05, 0) is 51.4 Å². The van der Waals surface area contributed by atoms with Crippen LogP contribution in [-0.4, -0.2) is 25.2 Å². The van der Waals surface area contributed by atoms with Crippen LogP contribution in [0.5, 0.6) is 0 Å². The van der Waals surface area contributed by atoms with Crippen molar-refractivity contribution in [1.82, 2.24) is 0 Å². The molecule has 1 aliphatic carbocycles. The van der Waals surface area contributed by atoms with E-state index in [1.807, 2.05) is 13.8 Å². The first-order valence-corrected chi connectivity index (χ1v) is 11.8. The predicted octanol–water partition coefficient (Wildman–Crippen LogP) is 6.40. The number of esters is 2. The van der Waals surface area contributed by atoms with Crippen LogP contribution in [0.4, 0.5) is 0 Å². The molecule has 0 N–H and O–H groups in total. The zero-order valence-corrected chi connectivity index (χ0v) is 18.9. The molecular weight excluding hydrogens is 364 g/mol. The summed E-state index contributed by atoms with van der Waals surface area (Å²) < 4.78 is 10.3. The van der Waals surface area contributed by atoms with Crippen molar-refractivity contribution in [1.29, 1.82) is 0 Å². The highest BCUT2D eigenvalue weighted by Crippen LogP contribution is 2.34. The first-order valence-electron chi connectivity index (χ1n) is 11.8. The van der Waals surface area contributed by atoms with Crippen molar-refractivity contribution in [2.24, 2.45) is 17.8 Å². The quantitative estimate of drug-likeness (QED) is 0.179. The van der Waals surface area contributed by atoms with E-state index < -0.39 is 0 Å².